The Morgan fingerprint density at radius 1 is 0.269 bits per heavy atom. The Balaban J connectivity index is 4.32. The first-order chi connectivity index (χ1) is 38.5. The van der Waals surface area contributed by atoms with E-state index >= 15 is 0 Å². The second-order valence-corrected chi connectivity index (χ2v) is 21.3. The molecule has 0 spiro atoms. The molecule has 0 N–H and O–H groups in total. The highest BCUT2D eigenvalue weighted by Crippen LogP contribution is 2.16. The quantitative estimate of drug-likeness (QED) is 0.0261. The van der Waals surface area contributed by atoms with Crippen LogP contribution in [0.5, 0.6) is 0 Å². The molecule has 6 nitrogen and oxygen atoms in total. The highest BCUT2D eigenvalue weighted by molar-refractivity contribution is 5.71. The second-order valence-electron chi connectivity index (χ2n) is 21.3. The van der Waals surface area contributed by atoms with E-state index in [9.17, 15) is 14.4 Å². The van der Waals surface area contributed by atoms with Gasteiger partial charge in [0.2, 0.25) is 0 Å². The zero-order chi connectivity index (χ0) is 56.4. The molecule has 1 unspecified atom stereocenters. The molecule has 0 saturated heterocycles. The molecule has 0 aromatic heterocycles. The SMILES string of the molecule is CC/C=C\C/C=C\C/C=C\C/C=C\C/C=C\C/C=C\C/C=C\CCCCCC(=O)OCC(COC(=O)CCCCCCC/C=C\CCC)OC(=O)CCCCCCCCCCCCCCC/C=C\C/C=C\CCCCCCC. The van der Waals surface area contributed by atoms with Gasteiger partial charge in [-0.3, -0.25) is 14.4 Å². The molecule has 0 aromatic rings. The lowest BCUT2D eigenvalue weighted by molar-refractivity contribution is -0.167. The van der Waals surface area contributed by atoms with Crippen LogP contribution < -0.4 is 0 Å². The van der Waals surface area contributed by atoms with Crippen LogP contribution in [0.2, 0.25) is 0 Å². The minimum Gasteiger partial charge on any atom is -0.462 e. The van der Waals surface area contributed by atoms with Gasteiger partial charge >= 0.3 is 17.9 Å². The lowest BCUT2D eigenvalue weighted by Gasteiger charge is -2.18. The Hall–Kier alpha value is -4.19. The summed E-state index contributed by atoms with van der Waals surface area (Å²) in [6, 6.07) is 0. The van der Waals surface area contributed by atoms with Gasteiger partial charge in [0.25, 0.3) is 0 Å². The molecular formula is C72H120O6. The van der Waals surface area contributed by atoms with E-state index in [0.717, 1.165) is 135 Å². The maximum absolute atomic E-state index is 12.9. The summed E-state index contributed by atoms with van der Waals surface area (Å²) < 4.78 is 16.9. The summed E-state index contributed by atoms with van der Waals surface area (Å²) in [5.74, 6) is -0.936. The first kappa shape index (κ1) is 73.8. The third-order valence-electron chi connectivity index (χ3n) is 13.7. The average molecular weight is 1080 g/mol. The van der Waals surface area contributed by atoms with Crippen LogP contribution in [0.25, 0.3) is 0 Å². The smallest absolute Gasteiger partial charge is 0.306 e. The minimum atomic E-state index is -0.799. The summed E-state index contributed by atoms with van der Waals surface area (Å²) in [7, 11) is 0. The fourth-order valence-electron chi connectivity index (χ4n) is 8.81. The molecule has 0 saturated carbocycles. The summed E-state index contributed by atoms with van der Waals surface area (Å²) in [6.45, 7) is 6.43. The van der Waals surface area contributed by atoms with Gasteiger partial charge in [0, 0.05) is 19.3 Å². The molecule has 6 heteroatoms. The standard InChI is InChI=1S/C72H120O6/c1-4-7-10-13-16-19-22-24-26-28-30-32-34-36-38-40-42-44-46-48-50-53-56-59-62-65-71(74)77-68-69(67-76-70(73)64-61-58-55-52-21-18-15-12-9-6-3)78-72(75)66-63-60-57-54-51-49-47-45-43-41-39-37-35-33-31-29-27-25-23-20-17-14-11-8-5-2/h7,10,12,15-16,19,23-26,29-32,36,38,42,44,48,50,69H,4-6,8-9,11,13-14,17-18,20-22,27-28,33-35,37,39-41,43,45-47,49,51-68H2,1-3H3/b10-7-,15-12-,19-16-,25-23-,26-24-,31-29-,32-30-,38-36-,44-42-,50-48-. The molecule has 0 rings (SSSR count). The average Bonchev–Trinajstić information content (AvgIpc) is 3.44. The molecule has 1 atom stereocenters. The van der Waals surface area contributed by atoms with E-state index in [0.29, 0.717) is 19.3 Å². The Kier molecular flexibility index (Phi) is 61.8. The monoisotopic (exact) mass is 1080 g/mol. The normalized spacial score (nSPS) is 12.9. The van der Waals surface area contributed by atoms with Crippen molar-refractivity contribution in [3.63, 3.8) is 0 Å². The van der Waals surface area contributed by atoms with Crippen LogP contribution in [-0.2, 0) is 28.6 Å². The summed E-state index contributed by atoms with van der Waals surface area (Å²) in [5.41, 5.74) is 0. The lowest BCUT2D eigenvalue weighted by Crippen LogP contribution is -2.30. The van der Waals surface area contributed by atoms with Crippen LogP contribution in [0, 0.1) is 0 Å². The number of esters is 3. The van der Waals surface area contributed by atoms with Gasteiger partial charge in [0.1, 0.15) is 13.2 Å². The number of rotatable bonds is 58. The van der Waals surface area contributed by atoms with Crippen LogP contribution in [0.4, 0.5) is 0 Å². The molecule has 0 fully saturated rings. The van der Waals surface area contributed by atoms with E-state index in [2.05, 4.69) is 142 Å². The van der Waals surface area contributed by atoms with Crippen LogP contribution in [0.3, 0.4) is 0 Å². The maximum Gasteiger partial charge on any atom is 0.306 e. The molecule has 0 amide bonds. The van der Waals surface area contributed by atoms with Gasteiger partial charge in [-0.2, -0.15) is 0 Å². The summed E-state index contributed by atoms with van der Waals surface area (Å²) >= 11 is 0. The van der Waals surface area contributed by atoms with Gasteiger partial charge < -0.3 is 14.2 Å². The molecule has 0 radical (unpaired) electrons. The van der Waals surface area contributed by atoms with E-state index < -0.39 is 6.10 Å². The number of unbranched alkanes of at least 4 members (excludes halogenated alkanes) is 27. The van der Waals surface area contributed by atoms with Crippen molar-refractivity contribution in [3.8, 4) is 0 Å². The van der Waals surface area contributed by atoms with Gasteiger partial charge in [0.05, 0.1) is 0 Å². The third kappa shape index (κ3) is 62.7. The number of carbonyl (C=O) groups excluding carboxylic acids is 3. The van der Waals surface area contributed by atoms with Crippen molar-refractivity contribution >= 4 is 17.9 Å². The fraction of sp³-hybridized carbons (Fsp3) is 0.681. The van der Waals surface area contributed by atoms with Gasteiger partial charge in [-0.15, -0.1) is 0 Å². The van der Waals surface area contributed by atoms with Gasteiger partial charge in [-0.1, -0.05) is 271 Å². The third-order valence-corrected chi connectivity index (χ3v) is 13.7. The molecule has 0 bridgehead atoms. The minimum absolute atomic E-state index is 0.0951. The van der Waals surface area contributed by atoms with Crippen molar-refractivity contribution in [2.24, 2.45) is 0 Å². The van der Waals surface area contributed by atoms with Crippen LogP contribution in [-0.4, -0.2) is 37.2 Å². The van der Waals surface area contributed by atoms with Gasteiger partial charge in [-0.25, -0.2) is 0 Å². The molecule has 0 aliphatic rings. The van der Waals surface area contributed by atoms with E-state index in [1.807, 2.05) is 0 Å². The van der Waals surface area contributed by atoms with Crippen LogP contribution in [0.15, 0.2) is 122 Å². The second kappa shape index (κ2) is 65.3. The molecule has 0 aromatic carbocycles. The molecule has 0 heterocycles. The molecule has 0 aliphatic carbocycles. The van der Waals surface area contributed by atoms with Crippen molar-refractivity contribution < 1.29 is 28.6 Å². The summed E-state index contributed by atoms with van der Waals surface area (Å²) in [4.78, 5) is 38.2. The van der Waals surface area contributed by atoms with Crippen molar-refractivity contribution in [2.75, 3.05) is 13.2 Å². The molecule has 78 heavy (non-hydrogen) atoms. The van der Waals surface area contributed by atoms with Crippen molar-refractivity contribution in [3.05, 3.63) is 122 Å². The van der Waals surface area contributed by atoms with Gasteiger partial charge in [-0.05, 0) is 128 Å². The Bertz CT molecular complexity index is 1620. The Labute approximate surface area is 482 Å². The van der Waals surface area contributed by atoms with Crippen LogP contribution >= 0.6 is 0 Å². The van der Waals surface area contributed by atoms with E-state index in [4.69, 9.17) is 14.2 Å². The molecule has 0 aliphatic heterocycles. The first-order valence-electron chi connectivity index (χ1n) is 32.5. The van der Waals surface area contributed by atoms with Gasteiger partial charge in [0.15, 0.2) is 6.10 Å². The predicted octanol–water partition coefficient (Wildman–Crippen LogP) is 22.4. The van der Waals surface area contributed by atoms with Crippen molar-refractivity contribution in [1.82, 2.24) is 0 Å². The highest BCUT2D eigenvalue weighted by Gasteiger charge is 2.19. The predicted molar refractivity (Wildman–Crippen MR) is 339 cm³/mol. The number of ether oxygens (including phenoxy) is 3. The maximum atomic E-state index is 12.9. The number of carbonyl (C=O) groups is 3. The highest BCUT2D eigenvalue weighted by atomic mass is 16.6. The molecule has 444 valence electrons. The number of hydrogen-bond acceptors (Lipinski definition) is 6. The van der Waals surface area contributed by atoms with E-state index in [1.54, 1.807) is 0 Å². The fourth-order valence-corrected chi connectivity index (χ4v) is 8.81. The van der Waals surface area contributed by atoms with E-state index in [1.165, 1.54) is 122 Å². The van der Waals surface area contributed by atoms with E-state index in [-0.39, 0.29) is 31.1 Å². The van der Waals surface area contributed by atoms with Crippen molar-refractivity contribution in [1.29, 1.82) is 0 Å². The lowest BCUT2D eigenvalue weighted by atomic mass is 10.0. The number of allylic oxidation sites excluding steroid dienone is 20. The largest absolute Gasteiger partial charge is 0.462 e. The number of hydrogen-bond donors (Lipinski definition) is 0. The summed E-state index contributed by atoms with van der Waals surface area (Å²) in [5, 5.41) is 0. The van der Waals surface area contributed by atoms with Crippen LogP contribution in [0.1, 0.15) is 297 Å². The topological polar surface area (TPSA) is 78.9 Å². The van der Waals surface area contributed by atoms with Crippen molar-refractivity contribution in [2.45, 2.75) is 303 Å². The summed E-state index contributed by atoms with van der Waals surface area (Å²) in [6.07, 6.45) is 90.7. The first-order valence-corrected chi connectivity index (χ1v) is 32.5. The molecular weight excluding hydrogens is 961 g/mol. The Morgan fingerprint density at radius 2 is 0.526 bits per heavy atom. The zero-order valence-corrected chi connectivity index (χ0v) is 50.9. The zero-order valence-electron chi connectivity index (χ0n) is 50.9. The Morgan fingerprint density at radius 3 is 0.859 bits per heavy atom.